The van der Waals surface area contributed by atoms with Crippen molar-refractivity contribution in [3.63, 3.8) is 0 Å². The highest BCUT2D eigenvalue weighted by molar-refractivity contribution is 7.81. The van der Waals surface area contributed by atoms with Crippen molar-refractivity contribution in [3.8, 4) is 0 Å². The molecule has 0 radical (unpaired) electrons. The van der Waals surface area contributed by atoms with Crippen molar-refractivity contribution in [2.45, 2.75) is 0 Å². The molecule has 0 atom stereocenters. The van der Waals surface area contributed by atoms with Gasteiger partial charge in [-0.05, 0) is 23.8 Å². The van der Waals surface area contributed by atoms with Crippen LogP contribution in [-0.2, 0) is 0 Å². The normalized spacial score (nSPS) is 17.9. The Morgan fingerprint density at radius 2 is 1.93 bits per heavy atom. The van der Waals surface area contributed by atoms with E-state index in [0.29, 0.717) is 15.8 Å². The van der Waals surface area contributed by atoms with Crippen molar-refractivity contribution in [3.05, 3.63) is 40.4 Å². The van der Waals surface area contributed by atoms with E-state index in [2.05, 4.69) is 4.99 Å². The monoisotopic (exact) mass is 222 g/mol. The Balaban J connectivity index is 2.31. The fourth-order valence-corrected chi connectivity index (χ4v) is 1.54. The molecule has 1 aromatic rings. The molecule has 0 saturated heterocycles. The predicted molar refractivity (Wildman–Crippen MR) is 63.6 cm³/mol. The van der Waals surface area contributed by atoms with Gasteiger partial charge in [0.15, 0.2) is 0 Å². The van der Waals surface area contributed by atoms with Gasteiger partial charge in [-0.3, -0.25) is 0 Å². The van der Waals surface area contributed by atoms with Gasteiger partial charge in [-0.2, -0.15) is 0 Å². The minimum absolute atomic E-state index is 0.505. The van der Waals surface area contributed by atoms with Gasteiger partial charge >= 0.3 is 0 Å². The van der Waals surface area contributed by atoms with Crippen molar-refractivity contribution in [2.75, 3.05) is 0 Å². The molecule has 14 heavy (non-hydrogen) atoms. The summed E-state index contributed by atoms with van der Waals surface area (Å²) in [6.07, 6.45) is 1.90. The second-order valence-corrected chi connectivity index (χ2v) is 3.73. The molecule has 0 saturated carbocycles. The molecule has 0 fully saturated rings. The van der Waals surface area contributed by atoms with E-state index in [-0.39, 0.29) is 0 Å². The minimum atomic E-state index is 0.505. The predicted octanol–water partition coefficient (Wildman–Crippen LogP) is 2.42. The number of rotatable bonds is 1. The lowest BCUT2D eigenvalue weighted by molar-refractivity contribution is 1.51. The zero-order valence-electron chi connectivity index (χ0n) is 7.20. The number of nitrogens with two attached hydrogens (primary N) is 1. The summed E-state index contributed by atoms with van der Waals surface area (Å²) in [6, 6.07) is 7.46. The van der Waals surface area contributed by atoms with E-state index in [1.807, 2.05) is 30.3 Å². The highest BCUT2D eigenvalue weighted by Gasteiger charge is 2.18. The maximum atomic E-state index is 5.76. The van der Waals surface area contributed by atoms with Crippen LogP contribution in [0.2, 0.25) is 5.02 Å². The summed E-state index contributed by atoms with van der Waals surface area (Å²) in [4.78, 5) is 4.42. The smallest absolute Gasteiger partial charge is 0.139 e. The lowest BCUT2D eigenvalue weighted by Crippen LogP contribution is -2.29. The summed E-state index contributed by atoms with van der Waals surface area (Å²) in [6.45, 7) is 0. The topological polar surface area (TPSA) is 38.4 Å². The quantitative estimate of drug-likeness (QED) is 0.586. The van der Waals surface area contributed by atoms with Crippen LogP contribution in [-0.4, -0.2) is 10.8 Å². The Labute approximate surface area is 92.1 Å². The Kier molecular flexibility index (Phi) is 2.35. The van der Waals surface area contributed by atoms with Crippen LogP contribution < -0.4 is 5.73 Å². The average molecular weight is 223 g/mol. The Morgan fingerprint density at radius 3 is 2.43 bits per heavy atom. The highest BCUT2D eigenvalue weighted by Crippen LogP contribution is 2.17. The Bertz CT molecular complexity index is 446. The van der Waals surface area contributed by atoms with Crippen molar-refractivity contribution < 1.29 is 0 Å². The molecule has 1 aliphatic rings. The number of benzene rings is 1. The van der Waals surface area contributed by atoms with Gasteiger partial charge in [0.25, 0.3) is 0 Å². The molecule has 0 amide bonds. The lowest BCUT2D eigenvalue weighted by atomic mass is 10.1. The molecule has 1 aromatic carbocycles. The van der Waals surface area contributed by atoms with Crippen LogP contribution in [0.4, 0.5) is 0 Å². The first-order valence-corrected chi connectivity index (χ1v) is 4.81. The van der Waals surface area contributed by atoms with Crippen LogP contribution in [0.3, 0.4) is 0 Å². The van der Waals surface area contributed by atoms with E-state index >= 15 is 0 Å². The lowest BCUT2D eigenvalue weighted by Gasteiger charge is -2.13. The van der Waals surface area contributed by atoms with Crippen molar-refractivity contribution in [2.24, 2.45) is 10.7 Å². The van der Waals surface area contributed by atoms with Gasteiger partial charge in [0, 0.05) is 5.02 Å². The second-order valence-electron chi connectivity index (χ2n) is 2.91. The number of amidine groups is 1. The summed E-state index contributed by atoms with van der Waals surface area (Å²) >= 11 is 10.7. The molecular weight excluding hydrogens is 216 g/mol. The first kappa shape index (κ1) is 9.37. The number of hydrogen-bond donors (Lipinski definition) is 1. The van der Waals surface area contributed by atoms with Crippen LogP contribution in [0.1, 0.15) is 5.56 Å². The zero-order chi connectivity index (χ0) is 10.1. The largest absolute Gasteiger partial charge is 0.383 e. The first-order chi connectivity index (χ1) is 6.66. The molecule has 2 rings (SSSR count). The fraction of sp³-hybridized carbons (Fsp3) is 0. The molecule has 1 aliphatic heterocycles. The van der Waals surface area contributed by atoms with E-state index < -0.39 is 0 Å². The number of hydrogen-bond acceptors (Lipinski definition) is 2. The highest BCUT2D eigenvalue weighted by atomic mass is 35.5. The van der Waals surface area contributed by atoms with Gasteiger partial charge in [-0.25, -0.2) is 4.99 Å². The maximum Gasteiger partial charge on any atom is 0.139 e. The van der Waals surface area contributed by atoms with E-state index in [1.54, 1.807) is 0 Å². The SMILES string of the molecule is NC1=NC(=S)/C1=C\c1ccc(Cl)cc1. The molecular formula is C10H7ClN2S. The minimum Gasteiger partial charge on any atom is -0.383 e. The van der Waals surface area contributed by atoms with E-state index in [9.17, 15) is 0 Å². The molecule has 4 heteroatoms. The molecule has 0 bridgehead atoms. The van der Waals surface area contributed by atoms with Crippen LogP contribution in [0.5, 0.6) is 0 Å². The van der Waals surface area contributed by atoms with Crippen molar-refractivity contribution in [1.82, 2.24) is 0 Å². The molecule has 2 nitrogen and oxygen atoms in total. The van der Waals surface area contributed by atoms with Crippen LogP contribution in [0.25, 0.3) is 6.08 Å². The Morgan fingerprint density at radius 1 is 1.29 bits per heavy atom. The summed E-state index contributed by atoms with van der Waals surface area (Å²) in [5.74, 6) is 0.505. The zero-order valence-corrected chi connectivity index (χ0v) is 8.77. The summed E-state index contributed by atoms with van der Waals surface area (Å²) in [5, 5.41) is 0.713. The molecule has 70 valence electrons. The number of aliphatic imine (C=N–C) groups is 1. The van der Waals surface area contributed by atoms with E-state index in [1.165, 1.54) is 0 Å². The maximum absolute atomic E-state index is 5.76. The number of halogens is 1. The van der Waals surface area contributed by atoms with Gasteiger partial charge in [-0.15, -0.1) is 0 Å². The van der Waals surface area contributed by atoms with Gasteiger partial charge in [0.05, 0.1) is 5.57 Å². The standard InChI is InChI=1S/C10H7ClN2S/c11-7-3-1-6(2-4-7)5-8-9(12)13-10(8)14/h1-5H,(H2,12,13,14)/b8-5-. The van der Waals surface area contributed by atoms with Crippen molar-refractivity contribution in [1.29, 1.82) is 0 Å². The second kappa shape index (κ2) is 3.52. The van der Waals surface area contributed by atoms with Crippen molar-refractivity contribution >= 4 is 40.7 Å². The van der Waals surface area contributed by atoms with Gasteiger partial charge in [-0.1, -0.05) is 36.0 Å². The van der Waals surface area contributed by atoms with Gasteiger partial charge in [0.2, 0.25) is 0 Å². The molecule has 2 N–H and O–H groups in total. The molecule has 0 unspecified atom stereocenters. The average Bonchev–Trinajstić information content (AvgIpc) is 2.17. The van der Waals surface area contributed by atoms with E-state index in [0.717, 1.165) is 11.1 Å². The summed E-state index contributed by atoms with van der Waals surface area (Å²) in [7, 11) is 0. The first-order valence-electron chi connectivity index (χ1n) is 4.03. The molecule has 1 heterocycles. The third-order valence-electron chi connectivity index (χ3n) is 1.91. The van der Waals surface area contributed by atoms with Crippen LogP contribution in [0.15, 0.2) is 34.8 Å². The third kappa shape index (κ3) is 1.69. The molecule has 0 spiro atoms. The molecule has 0 aromatic heterocycles. The van der Waals surface area contributed by atoms with Crippen LogP contribution in [0, 0.1) is 0 Å². The Hall–Kier alpha value is -1.19. The fourth-order valence-electron chi connectivity index (χ4n) is 1.15. The van der Waals surface area contributed by atoms with Gasteiger partial charge < -0.3 is 5.73 Å². The van der Waals surface area contributed by atoms with Gasteiger partial charge in [0.1, 0.15) is 10.8 Å². The third-order valence-corrected chi connectivity index (χ3v) is 2.47. The molecule has 0 aliphatic carbocycles. The summed E-state index contributed by atoms with van der Waals surface area (Å²) in [5.41, 5.74) is 7.41. The van der Waals surface area contributed by atoms with Crippen LogP contribution >= 0.6 is 23.8 Å². The van der Waals surface area contributed by atoms with E-state index in [4.69, 9.17) is 29.6 Å². The number of nitrogens with zero attached hydrogens (tertiary/aromatic N) is 1. The number of thiocarbonyl (C=S) groups is 1. The summed E-state index contributed by atoms with van der Waals surface area (Å²) < 4.78 is 0.